The third-order valence-corrected chi connectivity index (χ3v) is 2.62. The lowest BCUT2D eigenvalue weighted by atomic mass is 10.1. The van der Waals surface area contributed by atoms with Crippen LogP contribution in [0.1, 0.15) is 20.8 Å². The van der Waals surface area contributed by atoms with Crippen molar-refractivity contribution in [2.24, 2.45) is 4.99 Å². The second-order valence-electron chi connectivity index (χ2n) is 3.59. The summed E-state index contributed by atoms with van der Waals surface area (Å²) in [7, 11) is 0. The molecule has 14 heavy (non-hydrogen) atoms. The average molecular weight is 186 g/mol. The van der Waals surface area contributed by atoms with Crippen molar-refractivity contribution in [3.63, 3.8) is 0 Å². The fourth-order valence-corrected chi connectivity index (χ4v) is 1.51. The van der Waals surface area contributed by atoms with Crippen LogP contribution in [0.3, 0.4) is 0 Å². The molecule has 2 nitrogen and oxygen atoms in total. The van der Waals surface area contributed by atoms with Crippen LogP contribution in [-0.4, -0.2) is 5.71 Å². The van der Waals surface area contributed by atoms with Crippen molar-refractivity contribution in [2.45, 2.75) is 20.8 Å². The van der Waals surface area contributed by atoms with Gasteiger partial charge in [-0.25, -0.2) is 0 Å². The lowest BCUT2D eigenvalue weighted by Gasteiger charge is -2.07. The number of hydrogen-bond acceptors (Lipinski definition) is 2. The zero-order valence-electron chi connectivity index (χ0n) is 8.76. The van der Waals surface area contributed by atoms with E-state index in [9.17, 15) is 0 Å². The maximum Gasteiger partial charge on any atom is 0.0867 e. The van der Waals surface area contributed by atoms with Gasteiger partial charge in [-0.1, -0.05) is 12.1 Å². The summed E-state index contributed by atoms with van der Waals surface area (Å²) >= 11 is 0. The van der Waals surface area contributed by atoms with E-state index in [0.717, 1.165) is 17.1 Å². The molecule has 0 radical (unpaired) electrons. The van der Waals surface area contributed by atoms with Gasteiger partial charge in [0.2, 0.25) is 0 Å². The Balaban J connectivity index is 2.59. The van der Waals surface area contributed by atoms with Gasteiger partial charge in [0.15, 0.2) is 0 Å². The molecule has 0 fully saturated rings. The third kappa shape index (κ3) is 1.43. The minimum Gasteiger partial charge on any atom is -0.357 e. The molecule has 0 atom stereocenters. The quantitative estimate of drug-likeness (QED) is 0.659. The zero-order valence-corrected chi connectivity index (χ0v) is 8.76. The molecule has 2 rings (SSSR count). The number of benzene rings is 1. The summed E-state index contributed by atoms with van der Waals surface area (Å²) in [6.07, 6.45) is 0. The molecule has 1 aromatic carbocycles. The number of rotatable bonds is 0. The Morgan fingerprint density at radius 2 is 1.79 bits per heavy atom. The van der Waals surface area contributed by atoms with Gasteiger partial charge in [0.1, 0.15) is 0 Å². The summed E-state index contributed by atoms with van der Waals surface area (Å²) in [5.74, 6) is 0. The molecule has 0 aliphatic carbocycles. The molecule has 0 amide bonds. The highest BCUT2D eigenvalue weighted by Crippen LogP contribution is 2.29. The van der Waals surface area contributed by atoms with Gasteiger partial charge in [-0.15, -0.1) is 0 Å². The molecule has 0 aromatic heterocycles. The van der Waals surface area contributed by atoms with E-state index < -0.39 is 0 Å². The van der Waals surface area contributed by atoms with Crippen LogP contribution in [0, 0.1) is 0 Å². The van der Waals surface area contributed by atoms with Crippen LogP contribution in [0.15, 0.2) is 40.5 Å². The fourth-order valence-electron chi connectivity index (χ4n) is 1.51. The SMILES string of the molecule is CC1=Nc2ccccc2NC(C)=C1C. The number of hydrogen-bond donors (Lipinski definition) is 1. The Bertz CT molecular complexity index is 428. The number of allylic oxidation sites excluding steroid dienone is 2. The molecule has 1 aliphatic rings. The summed E-state index contributed by atoms with van der Waals surface area (Å²) < 4.78 is 0. The molecular formula is C12H14N2. The number of aliphatic imine (C=N–C) groups is 1. The van der Waals surface area contributed by atoms with Crippen LogP contribution in [0.2, 0.25) is 0 Å². The number of nitrogens with one attached hydrogen (secondary N) is 1. The summed E-state index contributed by atoms with van der Waals surface area (Å²) in [6.45, 7) is 6.21. The van der Waals surface area contributed by atoms with Crippen LogP contribution < -0.4 is 5.32 Å². The molecule has 72 valence electrons. The third-order valence-electron chi connectivity index (χ3n) is 2.62. The first kappa shape index (κ1) is 9.00. The minimum absolute atomic E-state index is 1.02. The Labute approximate surface area is 84.4 Å². The van der Waals surface area contributed by atoms with Gasteiger partial charge in [0, 0.05) is 11.4 Å². The summed E-state index contributed by atoms with van der Waals surface area (Å²) in [6, 6.07) is 8.10. The van der Waals surface area contributed by atoms with Crippen LogP contribution >= 0.6 is 0 Å². The second-order valence-corrected chi connectivity index (χ2v) is 3.59. The van der Waals surface area contributed by atoms with E-state index in [-0.39, 0.29) is 0 Å². The van der Waals surface area contributed by atoms with E-state index in [1.807, 2.05) is 31.2 Å². The molecule has 1 aliphatic heterocycles. The Hall–Kier alpha value is -1.57. The van der Waals surface area contributed by atoms with Gasteiger partial charge < -0.3 is 5.32 Å². The van der Waals surface area contributed by atoms with Crippen LogP contribution in [-0.2, 0) is 0 Å². The highest BCUT2D eigenvalue weighted by Gasteiger charge is 2.09. The first-order valence-electron chi connectivity index (χ1n) is 4.77. The number of anilines is 1. The van der Waals surface area contributed by atoms with Gasteiger partial charge in [-0.05, 0) is 38.5 Å². The molecule has 0 saturated heterocycles. The van der Waals surface area contributed by atoms with Crippen molar-refractivity contribution >= 4 is 17.1 Å². The maximum absolute atomic E-state index is 4.57. The van der Waals surface area contributed by atoms with E-state index in [1.54, 1.807) is 0 Å². The Morgan fingerprint density at radius 1 is 1.07 bits per heavy atom. The van der Waals surface area contributed by atoms with E-state index in [4.69, 9.17) is 0 Å². The minimum atomic E-state index is 1.02. The van der Waals surface area contributed by atoms with Crippen molar-refractivity contribution in [3.05, 3.63) is 35.5 Å². The topological polar surface area (TPSA) is 24.4 Å². The Morgan fingerprint density at radius 3 is 2.57 bits per heavy atom. The molecule has 1 heterocycles. The molecule has 0 unspecified atom stereocenters. The molecule has 0 bridgehead atoms. The lowest BCUT2D eigenvalue weighted by molar-refractivity contribution is 1.32. The van der Waals surface area contributed by atoms with Crippen LogP contribution in [0.4, 0.5) is 11.4 Å². The van der Waals surface area contributed by atoms with E-state index in [2.05, 4.69) is 24.2 Å². The molecule has 2 heteroatoms. The van der Waals surface area contributed by atoms with Gasteiger partial charge in [-0.2, -0.15) is 0 Å². The average Bonchev–Trinajstić information content (AvgIpc) is 2.28. The summed E-state index contributed by atoms with van der Waals surface area (Å²) in [5.41, 5.74) is 5.58. The molecule has 1 N–H and O–H groups in total. The van der Waals surface area contributed by atoms with E-state index in [1.165, 1.54) is 11.3 Å². The predicted octanol–water partition coefficient (Wildman–Crippen LogP) is 3.50. The van der Waals surface area contributed by atoms with Crippen molar-refractivity contribution in [1.82, 2.24) is 0 Å². The molecule has 1 aromatic rings. The van der Waals surface area contributed by atoms with Crippen molar-refractivity contribution in [3.8, 4) is 0 Å². The lowest BCUT2D eigenvalue weighted by Crippen LogP contribution is -2.00. The Kier molecular flexibility index (Phi) is 2.12. The smallest absolute Gasteiger partial charge is 0.0867 e. The first-order chi connectivity index (χ1) is 6.68. The van der Waals surface area contributed by atoms with Crippen molar-refractivity contribution in [2.75, 3.05) is 5.32 Å². The highest BCUT2D eigenvalue weighted by molar-refractivity contribution is 6.02. The van der Waals surface area contributed by atoms with E-state index in [0.29, 0.717) is 0 Å². The van der Waals surface area contributed by atoms with Crippen molar-refractivity contribution < 1.29 is 0 Å². The number of nitrogens with zero attached hydrogens (tertiary/aromatic N) is 1. The normalized spacial score (nSPS) is 15.5. The summed E-state index contributed by atoms with van der Waals surface area (Å²) in [4.78, 5) is 4.57. The van der Waals surface area contributed by atoms with Crippen LogP contribution in [0.25, 0.3) is 0 Å². The van der Waals surface area contributed by atoms with Gasteiger partial charge in [0.25, 0.3) is 0 Å². The van der Waals surface area contributed by atoms with Gasteiger partial charge in [0.05, 0.1) is 11.4 Å². The number of fused-ring (bicyclic) bond motifs is 1. The van der Waals surface area contributed by atoms with Gasteiger partial charge >= 0.3 is 0 Å². The second kappa shape index (κ2) is 3.29. The highest BCUT2D eigenvalue weighted by atomic mass is 14.9. The fraction of sp³-hybridized carbons (Fsp3) is 0.250. The van der Waals surface area contributed by atoms with Gasteiger partial charge in [-0.3, -0.25) is 4.99 Å². The maximum atomic E-state index is 4.57. The number of para-hydroxylation sites is 2. The molecule has 0 spiro atoms. The monoisotopic (exact) mass is 186 g/mol. The molecular weight excluding hydrogens is 172 g/mol. The van der Waals surface area contributed by atoms with Crippen LogP contribution in [0.5, 0.6) is 0 Å². The first-order valence-corrected chi connectivity index (χ1v) is 4.77. The zero-order chi connectivity index (χ0) is 10.1. The predicted molar refractivity (Wildman–Crippen MR) is 61.2 cm³/mol. The van der Waals surface area contributed by atoms with E-state index >= 15 is 0 Å². The van der Waals surface area contributed by atoms with Crippen molar-refractivity contribution in [1.29, 1.82) is 0 Å². The summed E-state index contributed by atoms with van der Waals surface area (Å²) in [5, 5.41) is 3.37. The largest absolute Gasteiger partial charge is 0.357 e. The molecule has 0 saturated carbocycles. The standard InChI is InChI=1S/C12H14N2/c1-8-9(2)13-11-6-4-5-7-12(11)14-10(8)3/h4-7,13H,1-3H3.